The van der Waals surface area contributed by atoms with E-state index in [1.54, 1.807) is 4.90 Å². The van der Waals surface area contributed by atoms with Crippen LogP contribution in [-0.4, -0.2) is 66.8 Å². The third-order valence-electron chi connectivity index (χ3n) is 5.59. The normalized spacial score (nSPS) is 19.1. The Morgan fingerprint density at radius 3 is 2.79 bits per heavy atom. The summed E-state index contributed by atoms with van der Waals surface area (Å²) in [6, 6.07) is 5.29. The number of imide groups is 1. The Labute approximate surface area is 171 Å². The fourth-order valence-corrected chi connectivity index (χ4v) is 4.01. The predicted octanol–water partition coefficient (Wildman–Crippen LogP) is 0.208. The predicted molar refractivity (Wildman–Crippen MR) is 110 cm³/mol. The Balaban J connectivity index is 1.54. The van der Waals surface area contributed by atoms with Crippen LogP contribution in [-0.2, 0) is 22.7 Å². The molecule has 0 aliphatic carbocycles. The molecular formula is C21H31N5O3. The lowest BCUT2D eigenvalue weighted by Crippen LogP contribution is -2.52. The van der Waals surface area contributed by atoms with Gasteiger partial charge in [-0.05, 0) is 63.6 Å². The molecule has 2 aliphatic rings. The van der Waals surface area contributed by atoms with E-state index in [9.17, 15) is 14.4 Å². The Bertz CT molecular complexity index is 767. The van der Waals surface area contributed by atoms with E-state index in [0.717, 1.165) is 43.6 Å². The largest absolute Gasteiger partial charge is 0.330 e. The lowest BCUT2D eigenvalue weighted by atomic mass is 10.0. The zero-order valence-electron chi connectivity index (χ0n) is 17.1. The van der Waals surface area contributed by atoms with Crippen molar-refractivity contribution in [2.45, 2.75) is 44.8 Å². The van der Waals surface area contributed by atoms with Gasteiger partial charge in [0.25, 0.3) is 5.91 Å². The van der Waals surface area contributed by atoms with Gasteiger partial charge in [0, 0.05) is 25.1 Å². The van der Waals surface area contributed by atoms with Crippen LogP contribution in [0.2, 0.25) is 0 Å². The fraction of sp³-hybridized carbons (Fsp3) is 0.571. The van der Waals surface area contributed by atoms with Gasteiger partial charge in [-0.15, -0.1) is 0 Å². The molecule has 2 aliphatic heterocycles. The summed E-state index contributed by atoms with van der Waals surface area (Å²) in [5.74, 6) is -0.761. The minimum absolute atomic E-state index is 0.117. The first-order valence-electron chi connectivity index (χ1n) is 10.4. The van der Waals surface area contributed by atoms with Gasteiger partial charge in [0.1, 0.15) is 6.04 Å². The molecule has 1 aromatic rings. The molecule has 8 heteroatoms. The van der Waals surface area contributed by atoms with Crippen molar-refractivity contribution in [2.75, 3.05) is 33.2 Å². The van der Waals surface area contributed by atoms with Crippen molar-refractivity contribution >= 4 is 17.7 Å². The van der Waals surface area contributed by atoms with Crippen LogP contribution in [0.5, 0.6) is 0 Å². The zero-order valence-corrected chi connectivity index (χ0v) is 17.1. The molecule has 1 fully saturated rings. The molecule has 0 saturated carbocycles. The molecule has 29 heavy (non-hydrogen) atoms. The molecule has 158 valence electrons. The molecule has 0 bridgehead atoms. The Kier molecular flexibility index (Phi) is 7.35. The highest BCUT2D eigenvalue weighted by Crippen LogP contribution is 2.29. The highest BCUT2D eigenvalue weighted by molar-refractivity contribution is 6.05. The second-order valence-electron chi connectivity index (χ2n) is 7.83. The fourth-order valence-electron chi connectivity index (χ4n) is 4.01. The van der Waals surface area contributed by atoms with Gasteiger partial charge in [-0.2, -0.15) is 0 Å². The number of piperidine rings is 1. The molecular weight excluding hydrogens is 370 g/mol. The summed E-state index contributed by atoms with van der Waals surface area (Å²) >= 11 is 0. The van der Waals surface area contributed by atoms with E-state index < -0.39 is 6.04 Å². The molecule has 4 N–H and O–H groups in total. The molecule has 0 spiro atoms. The molecule has 3 rings (SSSR count). The van der Waals surface area contributed by atoms with Gasteiger partial charge < -0.3 is 20.9 Å². The number of benzene rings is 1. The van der Waals surface area contributed by atoms with Crippen LogP contribution in [0, 0.1) is 0 Å². The summed E-state index contributed by atoms with van der Waals surface area (Å²) in [4.78, 5) is 40.5. The number of carbonyl (C=O) groups is 3. The Hall–Kier alpha value is -2.29. The van der Waals surface area contributed by atoms with Gasteiger partial charge in [-0.25, -0.2) is 0 Å². The quantitative estimate of drug-likeness (QED) is 0.382. The summed E-state index contributed by atoms with van der Waals surface area (Å²) in [7, 11) is 2.10. The molecule has 1 unspecified atom stereocenters. The van der Waals surface area contributed by atoms with Gasteiger partial charge in [0.05, 0.1) is 0 Å². The van der Waals surface area contributed by atoms with Crippen LogP contribution >= 0.6 is 0 Å². The maximum Gasteiger partial charge on any atom is 0.255 e. The topological polar surface area (TPSA) is 108 Å². The minimum Gasteiger partial charge on any atom is -0.330 e. The first kappa shape index (κ1) is 21.4. The Morgan fingerprint density at radius 1 is 1.24 bits per heavy atom. The number of nitrogens with two attached hydrogens (primary N) is 1. The van der Waals surface area contributed by atoms with E-state index in [0.29, 0.717) is 31.6 Å². The maximum absolute atomic E-state index is 13.0. The smallest absolute Gasteiger partial charge is 0.255 e. The number of rotatable bonds is 10. The summed E-state index contributed by atoms with van der Waals surface area (Å²) in [6.45, 7) is 4.62. The van der Waals surface area contributed by atoms with Gasteiger partial charge in [-0.1, -0.05) is 18.2 Å². The number of hydrogen-bond donors (Lipinski definition) is 3. The van der Waals surface area contributed by atoms with Gasteiger partial charge in [0.15, 0.2) is 0 Å². The molecule has 8 nitrogen and oxygen atoms in total. The summed E-state index contributed by atoms with van der Waals surface area (Å²) in [5, 5.41) is 5.77. The molecule has 2 heterocycles. The van der Waals surface area contributed by atoms with Crippen LogP contribution < -0.4 is 16.4 Å². The van der Waals surface area contributed by atoms with Crippen LogP contribution in [0.4, 0.5) is 0 Å². The lowest BCUT2D eigenvalue weighted by molar-refractivity contribution is -0.136. The van der Waals surface area contributed by atoms with Gasteiger partial charge in [0.2, 0.25) is 11.8 Å². The first-order chi connectivity index (χ1) is 14.0. The maximum atomic E-state index is 13.0. The highest BCUT2D eigenvalue weighted by Gasteiger charge is 2.39. The van der Waals surface area contributed by atoms with E-state index in [4.69, 9.17) is 5.73 Å². The van der Waals surface area contributed by atoms with Crippen LogP contribution in [0.3, 0.4) is 0 Å². The standard InChI is InChI=1S/C21H31N5O3/c1-25(11-3-9-22)12-4-10-23-13-15-5-2-6-16-14-26(21(29)19(15)16)17-7-8-18(27)24-20(17)28/h2,5-6,17,23H,3-4,7-14,22H2,1H3,(H,24,27,28). The van der Waals surface area contributed by atoms with Crippen LogP contribution in [0.25, 0.3) is 0 Å². The highest BCUT2D eigenvalue weighted by atomic mass is 16.2. The number of amides is 3. The molecule has 1 atom stereocenters. The molecule has 1 saturated heterocycles. The number of carbonyl (C=O) groups excluding carboxylic acids is 3. The molecule has 1 aromatic carbocycles. The summed E-state index contributed by atoms with van der Waals surface area (Å²) < 4.78 is 0. The molecule has 3 amide bonds. The van der Waals surface area contributed by atoms with E-state index in [1.807, 2.05) is 18.2 Å². The first-order valence-corrected chi connectivity index (χ1v) is 10.4. The van der Waals surface area contributed by atoms with Crippen LogP contribution in [0.15, 0.2) is 18.2 Å². The van der Waals surface area contributed by atoms with Crippen molar-refractivity contribution in [3.05, 3.63) is 34.9 Å². The number of nitrogens with one attached hydrogen (secondary N) is 2. The van der Waals surface area contributed by atoms with E-state index in [-0.39, 0.29) is 24.1 Å². The Morgan fingerprint density at radius 2 is 2.03 bits per heavy atom. The van der Waals surface area contributed by atoms with Crippen molar-refractivity contribution in [3.8, 4) is 0 Å². The van der Waals surface area contributed by atoms with Gasteiger partial charge in [-0.3, -0.25) is 19.7 Å². The number of hydrogen-bond acceptors (Lipinski definition) is 6. The third kappa shape index (κ3) is 5.20. The second kappa shape index (κ2) is 9.96. The second-order valence-corrected chi connectivity index (χ2v) is 7.83. The third-order valence-corrected chi connectivity index (χ3v) is 5.59. The van der Waals surface area contributed by atoms with E-state index in [1.165, 1.54) is 0 Å². The SMILES string of the molecule is CN(CCCN)CCCNCc1cccc2c1C(=O)N(C1CCC(=O)NC1=O)C2. The average molecular weight is 402 g/mol. The van der Waals surface area contributed by atoms with Crippen molar-refractivity contribution < 1.29 is 14.4 Å². The number of nitrogens with zero attached hydrogens (tertiary/aromatic N) is 2. The monoisotopic (exact) mass is 401 g/mol. The van der Waals surface area contributed by atoms with Crippen molar-refractivity contribution in [1.82, 2.24) is 20.4 Å². The summed E-state index contributed by atoms with van der Waals surface area (Å²) in [6.07, 6.45) is 2.68. The molecule has 0 aromatic heterocycles. The van der Waals surface area contributed by atoms with E-state index >= 15 is 0 Å². The zero-order chi connectivity index (χ0) is 20.8. The van der Waals surface area contributed by atoms with Gasteiger partial charge >= 0.3 is 0 Å². The minimum atomic E-state index is -0.572. The summed E-state index contributed by atoms with van der Waals surface area (Å²) in [5.41, 5.74) is 8.14. The van der Waals surface area contributed by atoms with Crippen molar-refractivity contribution in [2.24, 2.45) is 5.73 Å². The molecule has 0 radical (unpaired) electrons. The van der Waals surface area contributed by atoms with Crippen LogP contribution in [0.1, 0.15) is 47.2 Å². The number of fused-ring (bicyclic) bond motifs is 1. The van der Waals surface area contributed by atoms with E-state index in [2.05, 4.69) is 22.6 Å². The lowest BCUT2D eigenvalue weighted by Gasteiger charge is -2.29. The van der Waals surface area contributed by atoms with Crippen molar-refractivity contribution in [1.29, 1.82) is 0 Å². The average Bonchev–Trinajstić information content (AvgIpc) is 3.03. The van der Waals surface area contributed by atoms with Crippen molar-refractivity contribution in [3.63, 3.8) is 0 Å².